The lowest BCUT2D eigenvalue weighted by atomic mass is 9.67. The molecule has 0 bridgehead atoms. The van der Waals surface area contributed by atoms with E-state index in [1.54, 1.807) is 11.3 Å². The Morgan fingerprint density at radius 3 is 1.56 bits per heavy atom. The standard InChI is InChI=1S/C63H42N2S/c1-4-21-48(22-5-1)64(49-23-6-2-7-24-49)52-35-37-58-56(41-52)57-42-53(65(50-25-8-3-9-26-50)51-34-32-44-18-11-13-20-46(44)40-51)36-38-59(57)63(58,47-33-31-43-17-10-12-19-45(43)39-47)60-29-16-28-55-54-27-14-15-30-61(54)66-62(55)60/h1-42H/i10D,12D,17D,19D,31D,33D,39D. The van der Waals surface area contributed by atoms with E-state index in [9.17, 15) is 5.48 Å². The number of benzene rings is 11. The second-order valence-corrected chi connectivity index (χ2v) is 17.8. The number of anilines is 6. The van der Waals surface area contributed by atoms with Gasteiger partial charge in [0.05, 0.1) is 15.0 Å². The molecule has 12 aromatic rings. The number of nitrogens with zero attached hydrogens (tertiary/aromatic N) is 2. The summed E-state index contributed by atoms with van der Waals surface area (Å²) in [7, 11) is 0. The Kier molecular flexibility index (Phi) is 7.41. The van der Waals surface area contributed by atoms with E-state index in [0.29, 0.717) is 0 Å². The van der Waals surface area contributed by atoms with Crippen LogP contribution >= 0.6 is 11.3 Å². The van der Waals surface area contributed by atoms with Crippen LogP contribution in [0.2, 0.25) is 0 Å². The van der Waals surface area contributed by atoms with Crippen molar-refractivity contribution in [1.29, 1.82) is 0 Å². The van der Waals surface area contributed by atoms with Crippen LogP contribution in [0.25, 0.3) is 52.8 Å². The van der Waals surface area contributed by atoms with E-state index < -0.39 is 29.6 Å². The summed E-state index contributed by atoms with van der Waals surface area (Å²) >= 11 is 1.65. The maximum Gasteiger partial charge on any atom is 0.0727 e. The van der Waals surface area contributed by atoms with Gasteiger partial charge in [-0.3, -0.25) is 0 Å². The maximum absolute atomic E-state index is 10.4. The second kappa shape index (κ2) is 15.5. The summed E-state index contributed by atoms with van der Waals surface area (Å²) < 4.78 is 68.2. The molecule has 310 valence electrons. The molecule has 1 atom stereocenters. The average Bonchev–Trinajstić information content (AvgIpc) is 3.97. The van der Waals surface area contributed by atoms with E-state index in [1.807, 2.05) is 78.9 Å². The molecule has 0 fully saturated rings. The third-order valence-electron chi connectivity index (χ3n) is 13.1. The largest absolute Gasteiger partial charge is 0.310 e. The first-order valence-electron chi connectivity index (χ1n) is 25.6. The highest BCUT2D eigenvalue weighted by Gasteiger charge is 2.48. The number of rotatable bonds is 8. The Hall–Kier alpha value is -8.24. The van der Waals surface area contributed by atoms with E-state index in [4.69, 9.17) is 4.11 Å². The van der Waals surface area contributed by atoms with Crippen molar-refractivity contribution in [3.63, 3.8) is 0 Å². The lowest BCUT2D eigenvalue weighted by molar-refractivity contribution is 0.779. The van der Waals surface area contributed by atoms with Crippen LogP contribution in [0.15, 0.2) is 255 Å². The Morgan fingerprint density at radius 2 is 0.894 bits per heavy atom. The van der Waals surface area contributed by atoms with Crippen LogP contribution in [0.3, 0.4) is 0 Å². The van der Waals surface area contributed by atoms with Crippen LogP contribution in [0.1, 0.15) is 31.8 Å². The summed E-state index contributed by atoms with van der Waals surface area (Å²) in [5.74, 6) is 0. The Balaban J connectivity index is 1.19. The van der Waals surface area contributed by atoms with Crippen molar-refractivity contribution in [1.82, 2.24) is 0 Å². The van der Waals surface area contributed by atoms with Gasteiger partial charge in [0.15, 0.2) is 0 Å². The lowest BCUT2D eigenvalue weighted by Crippen LogP contribution is -2.29. The molecule has 1 aliphatic carbocycles. The van der Waals surface area contributed by atoms with Crippen LogP contribution in [0.4, 0.5) is 34.1 Å². The first-order chi connectivity index (χ1) is 35.6. The van der Waals surface area contributed by atoms with E-state index in [1.165, 1.54) is 0 Å². The van der Waals surface area contributed by atoms with Crippen molar-refractivity contribution in [2.24, 2.45) is 0 Å². The van der Waals surface area contributed by atoms with Crippen molar-refractivity contribution >= 4 is 87.2 Å². The molecule has 3 heteroatoms. The third kappa shape index (κ3) is 6.01. The molecular weight excluding hydrogens is 817 g/mol. The summed E-state index contributed by atoms with van der Waals surface area (Å²) in [6.07, 6.45) is 0. The Morgan fingerprint density at radius 1 is 0.364 bits per heavy atom. The number of hydrogen-bond acceptors (Lipinski definition) is 3. The topological polar surface area (TPSA) is 6.48 Å². The molecule has 11 aromatic carbocycles. The molecular formula is C63H42N2S. The molecule has 13 rings (SSSR count). The maximum atomic E-state index is 10.4. The van der Waals surface area contributed by atoms with Gasteiger partial charge in [-0.2, -0.15) is 0 Å². The van der Waals surface area contributed by atoms with E-state index >= 15 is 0 Å². The first kappa shape index (κ1) is 31.6. The summed E-state index contributed by atoms with van der Waals surface area (Å²) in [5.41, 5.74) is 8.40. The summed E-state index contributed by atoms with van der Waals surface area (Å²) in [4.78, 5) is 4.48. The average molecular weight is 866 g/mol. The van der Waals surface area contributed by atoms with Crippen molar-refractivity contribution in [3.05, 3.63) is 277 Å². The summed E-state index contributed by atoms with van der Waals surface area (Å²) in [6.45, 7) is 0. The number of hydrogen-bond donors (Lipinski definition) is 0. The highest BCUT2D eigenvalue weighted by atomic mass is 32.1. The van der Waals surface area contributed by atoms with Crippen LogP contribution in [0, 0.1) is 0 Å². The molecule has 0 aliphatic heterocycles. The third-order valence-corrected chi connectivity index (χ3v) is 14.3. The molecule has 1 aromatic heterocycles. The van der Waals surface area contributed by atoms with E-state index in [0.717, 1.165) is 92.9 Å². The predicted octanol–water partition coefficient (Wildman–Crippen LogP) is 17.7. The monoisotopic (exact) mass is 865 g/mol. The Labute approximate surface area is 398 Å². The van der Waals surface area contributed by atoms with Crippen LogP contribution < -0.4 is 9.80 Å². The van der Waals surface area contributed by atoms with Gasteiger partial charge in [-0.1, -0.05) is 170 Å². The first-order valence-corrected chi connectivity index (χ1v) is 22.9. The van der Waals surface area contributed by atoms with Crippen molar-refractivity contribution in [2.45, 2.75) is 5.41 Å². The van der Waals surface area contributed by atoms with Gasteiger partial charge in [-0.15, -0.1) is 11.3 Å². The fourth-order valence-electron chi connectivity index (χ4n) is 10.2. The molecule has 0 saturated heterocycles. The minimum absolute atomic E-state index is 0.0842. The summed E-state index contributed by atoms with van der Waals surface area (Å²) in [5, 5.41) is 4.09. The van der Waals surface area contributed by atoms with Crippen molar-refractivity contribution in [2.75, 3.05) is 9.80 Å². The number of fused-ring (bicyclic) bond motifs is 8. The van der Waals surface area contributed by atoms with Gasteiger partial charge in [0, 0.05) is 54.3 Å². The van der Waals surface area contributed by atoms with Crippen molar-refractivity contribution < 1.29 is 9.60 Å². The van der Waals surface area contributed by atoms with Gasteiger partial charge in [-0.25, -0.2) is 0 Å². The highest BCUT2D eigenvalue weighted by Crippen LogP contribution is 2.60. The number of thiophene rings is 1. The minimum atomic E-state index is -1.46. The van der Waals surface area contributed by atoms with Crippen molar-refractivity contribution in [3.8, 4) is 11.1 Å². The van der Waals surface area contributed by atoms with Gasteiger partial charge in [0.25, 0.3) is 0 Å². The van der Waals surface area contributed by atoms with E-state index in [2.05, 4.69) is 143 Å². The van der Waals surface area contributed by atoms with Gasteiger partial charge in [0.2, 0.25) is 0 Å². The zero-order chi connectivity index (χ0) is 49.7. The van der Waals surface area contributed by atoms with Crippen LogP contribution in [-0.2, 0) is 5.41 Å². The Bertz CT molecular complexity index is 4160. The van der Waals surface area contributed by atoms with Crippen LogP contribution in [-0.4, -0.2) is 0 Å². The van der Waals surface area contributed by atoms with Gasteiger partial charge in [-0.05, 0) is 140 Å². The zero-order valence-corrected chi connectivity index (χ0v) is 36.3. The molecule has 1 unspecified atom stereocenters. The summed E-state index contributed by atoms with van der Waals surface area (Å²) in [6, 6.07) is 70.3. The zero-order valence-electron chi connectivity index (χ0n) is 42.5. The molecule has 0 radical (unpaired) electrons. The van der Waals surface area contributed by atoms with Gasteiger partial charge < -0.3 is 9.80 Å². The molecule has 0 saturated carbocycles. The lowest BCUT2D eigenvalue weighted by Gasteiger charge is -2.35. The SMILES string of the molecule is [2H]c1c([2H])c([2H])c2c([2H])c(C3(c4cccc5c4sc4ccccc45)c4ccc(N(c5ccccc5)c5ccccc5)cc4-c4cc(N(c5ccccc5)c5ccc6ccccc6c5)ccc43)c([2H])c([2H])c2c1[2H]. The van der Waals surface area contributed by atoms with E-state index in [-0.39, 0.29) is 34.5 Å². The molecule has 1 heterocycles. The van der Waals surface area contributed by atoms with Crippen LogP contribution in [0.5, 0.6) is 0 Å². The molecule has 66 heavy (non-hydrogen) atoms. The molecule has 0 spiro atoms. The molecule has 2 nitrogen and oxygen atoms in total. The van der Waals surface area contributed by atoms with Gasteiger partial charge in [0.1, 0.15) is 0 Å². The fourth-order valence-corrected chi connectivity index (χ4v) is 11.5. The fraction of sp³-hybridized carbons (Fsp3) is 0.0159. The quantitative estimate of drug-likeness (QED) is 0.150. The highest BCUT2D eigenvalue weighted by molar-refractivity contribution is 7.26. The molecule has 0 amide bonds. The predicted molar refractivity (Wildman–Crippen MR) is 281 cm³/mol. The smallest absolute Gasteiger partial charge is 0.0727 e. The minimum Gasteiger partial charge on any atom is -0.310 e. The second-order valence-electron chi connectivity index (χ2n) is 16.7. The molecule has 0 N–H and O–H groups in total. The van der Waals surface area contributed by atoms with Gasteiger partial charge >= 0.3 is 0 Å². The normalized spacial score (nSPS) is 15.6. The molecule has 1 aliphatic rings. The number of para-hydroxylation sites is 3.